The second kappa shape index (κ2) is 7.24. The highest BCUT2D eigenvalue weighted by atomic mass is 31.2. The number of aromatic nitrogens is 4. The van der Waals surface area contributed by atoms with Gasteiger partial charge in [0, 0.05) is 18.8 Å². The molecule has 2 aliphatic rings. The smallest absolute Gasteiger partial charge is 0.441 e. The number of hydrogen-bond acceptors (Lipinski definition) is 7. The molecule has 1 aromatic carbocycles. The van der Waals surface area contributed by atoms with Crippen molar-refractivity contribution >= 4 is 19.6 Å². The predicted molar refractivity (Wildman–Crippen MR) is 108 cm³/mol. The highest BCUT2D eigenvalue weighted by molar-refractivity contribution is 7.46. The van der Waals surface area contributed by atoms with Gasteiger partial charge in [-0.1, -0.05) is 17.3 Å². The van der Waals surface area contributed by atoms with E-state index in [9.17, 15) is 9.36 Å². The van der Waals surface area contributed by atoms with Gasteiger partial charge in [0.15, 0.2) is 0 Å². The summed E-state index contributed by atoms with van der Waals surface area (Å²) < 4.78 is 22.4. The molecule has 12 heteroatoms. The van der Waals surface area contributed by atoms with Crippen molar-refractivity contribution in [3.05, 3.63) is 48.3 Å². The normalized spacial score (nSPS) is 20.0. The van der Waals surface area contributed by atoms with Crippen LogP contribution in [-0.4, -0.2) is 54.6 Å². The first-order chi connectivity index (χ1) is 14.8. The quantitative estimate of drug-likeness (QED) is 0.566. The SMILES string of the molecule is Cn1cc(-c2ccc(-c3ccc4c(c3)C[C@H]3[C@H](COP(=O)(O)O)OC(=O)N43)cn2)nn1. The Kier molecular flexibility index (Phi) is 4.63. The minimum absolute atomic E-state index is 0.369. The number of carbonyl (C=O) groups excluding carboxylic acids is 1. The monoisotopic (exact) mass is 443 g/mol. The molecule has 160 valence electrons. The first-order valence-electron chi connectivity index (χ1n) is 9.44. The highest BCUT2D eigenvalue weighted by Gasteiger charge is 2.48. The number of fused-ring (bicyclic) bond motifs is 3. The first kappa shape index (κ1) is 19.8. The summed E-state index contributed by atoms with van der Waals surface area (Å²) in [4.78, 5) is 36.2. The standard InChI is InChI=1S/C19H18N5O6P/c1-23-9-15(21-22-23)14-4-2-12(8-20-14)11-3-5-16-13(6-11)7-17-18(10-29-31(26,27)28)30-19(25)24(16)17/h2-6,8-9,17-18H,7,10H2,1H3,(H2,26,27,28)/t17-,18-/m0/s1. The maximum Gasteiger partial charge on any atom is 0.469 e. The van der Waals surface area contributed by atoms with E-state index in [1.807, 2.05) is 30.3 Å². The van der Waals surface area contributed by atoms with Crippen LogP contribution in [0.3, 0.4) is 0 Å². The van der Waals surface area contributed by atoms with Gasteiger partial charge in [-0.05, 0) is 35.7 Å². The van der Waals surface area contributed by atoms with Crippen LogP contribution < -0.4 is 4.90 Å². The van der Waals surface area contributed by atoms with Crippen LogP contribution in [0.1, 0.15) is 5.56 Å². The number of ether oxygens (including phenoxy) is 1. The average Bonchev–Trinajstić information content (AvgIpc) is 3.41. The third-order valence-electron chi connectivity index (χ3n) is 5.35. The van der Waals surface area contributed by atoms with E-state index in [2.05, 4.69) is 19.8 Å². The Morgan fingerprint density at radius 2 is 2.03 bits per heavy atom. The minimum atomic E-state index is -4.65. The second-order valence-electron chi connectivity index (χ2n) is 7.40. The molecule has 1 amide bonds. The molecule has 0 bridgehead atoms. The largest absolute Gasteiger partial charge is 0.469 e. The van der Waals surface area contributed by atoms with E-state index in [1.54, 1.807) is 24.1 Å². The van der Waals surface area contributed by atoms with Crippen LogP contribution in [0, 0.1) is 0 Å². The molecule has 2 aromatic heterocycles. The summed E-state index contributed by atoms with van der Waals surface area (Å²) in [6.07, 6.45) is 2.73. The van der Waals surface area contributed by atoms with E-state index in [1.165, 1.54) is 4.90 Å². The Hall–Kier alpha value is -3.11. The fourth-order valence-corrected chi connectivity index (χ4v) is 4.29. The van der Waals surface area contributed by atoms with E-state index in [0.29, 0.717) is 17.8 Å². The zero-order chi connectivity index (χ0) is 21.8. The lowest BCUT2D eigenvalue weighted by Crippen LogP contribution is -2.35. The van der Waals surface area contributed by atoms with Crippen molar-refractivity contribution in [1.29, 1.82) is 0 Å². The second-order valence-corrected chi connectivity index (χ2v) is 8.64. The van der Waals surface area contributed by atoms with Crippen LogP contribution in [0.5, 0.6) is 0 Å². The molecule has 1 saturated heterocycles. The third kappa shape index (κ3) is 3.72. The number of cyclic esters (lactones) is 1. The molecule has 0 saturated carbocycles. The summed E-state index contributed by atoms with van der Waals surface area (Å²) in [6.45, 7) is -0.369. The maximum absolute atomic E-state index is 12.3. The number of benzene rings is 1. The van der Waals surface area contributed by atoms with Crippen molar-refractivity contribution in [1.82, 2.24) is 20.0 Å². The van der Waals surface area contributed by atoms with Gasteiger partial charge < -0.3 is 14.5 Å². The van der Waals surface area contributed by atoms with Crippen molar-refractivity contribution in [2.45, 2.75) is 18.6 Å². The molecule has 0 radical (unpaired) electrons. The van der Waals surface area contributed by atoms with Crippen LogP contribution in [0.2, 0.25) is 0 Å². The van der Waals surface area contributed by atoms with Gasteiger partial charge in [0.05, 0.1) is 30.2 Å². The van der Waals surface area contributed by atoms with Gasteiger partial charge in [0.25, 0.3) is 0 Å². The molecule has 5 rings (SSSR count). The molecule has 3 aromatic rings. The summed E-state index contributed by atoms with van der Waals surface area (Å²) in [5.74, 6) is 0. The number of phosphoric acid groups is 1. The lowest BCUT2D eigenvalue weighted by atomic mass is 10.0. The Bertz CT molecular complexity index is 1210. The van der Waals surface area contributed by atoms with Gasteiger partial charge in [-0.15, -0.1) is 5.10 Å². The lowest BCUT2D eigenvalue weighted by molar-refractivity contribution is 0.0761. The molecular formula is C19H18N5O6P. The number of carbonyl (C=O) groups is 1. The maximum atomic E-state index is 12.3. The van der Waals surface area contributed by atoms with Gasteiger partial charge in [-0.2, -0.15) is 0 Å². The average molecular weight is 443 g/mol. The number of rotatable bonds is 5. The van der Waals surface area contributed by atoms with Crippen molar-refractivity contribution in [2.75, 3.05) is 11.5 Å². The molecule has 2 N–H and O–H groups in total. The molecule has 0 unspecified atom stereocenters. The third-order valence-corrected chi connectivity index (χ3v) is 5.83. The lowest BCUT2D eigenvalue weighted by Gasteiger charge is -2.16. The summed E-state index contributed by atoms with van der Waals surface area (Å²) in [6, 6.07) is 9.17. The molecule has 31 heavy (non-hydrogen) atoms. The first-order valence-corrected chi connectivity index (χ1v) is 11.0. The van der Waals surface area contributed by atoms with Crippen molar-refractivity contribution in [2.24, 2.45) is 7.05 Å². The van der Waals surface area contributed by atoms with E-state index in [4.69, 9.17) is 14.5 Å². The van der Waals surface area contributed by atoms with Gasteiger partial charge in [0.1, 0.15) is 11.8 Å². The number of phosphoric ester groups is 1. The fourth-order valence-electron chi connectivity index (χ4n) is 3.95. The van der Waals surface area contributed by atoms with Crippen molar-refractivity contribution in [3.8, 4) is 22.5 Å². The highest BCUT2D eigenvalue weighted by Crippen LogP contribution is 2.42. The number of hydrogen-bond donors (Lipinski definition) is 2. The number of nitrogens with zero attached hydrogens (tertiary/aromatic N) is 5. The van der Waals surface area contributed by atoms with Crippen LogP contribution in [0.25, 0.3) is 22.5 Å². The molecule has 2 aliphatic heterocycles. The summed E-state index contributed by atoms with van der Waals surface area (Å²) in [7, 11) is -2.86. The Labute approximate surface area is 176 Å². The van der Waals surface area contributed by atoms with Crippen LogP contribution >= 0.6 is 7.82 Å². The molecule has 0 spiro atoms. The number of pyridine rings is 1. The van der Waals surface area contributed by atoms with Gasteiger partial charge >= 0.3 is 13.9 Å². The molecular weight excluding hydrogens is 425 g/mol. The number of anilines is 1. The van der Waals surface area contributed by atoms with Crippen LogP contribution in [0.4, 0.5) is 10.5 Å². The zero-order valence-electron chi connectivity index (χ0n) is 16.3. The fraction of sp³-hybridized carbons (Fsp3) is 0.263. The van der Waals surface area contributed by atoms with Crippen molar-refractivity contribution < 1.29 is 28.4 Å². The van der Waals surface area contributed by atoms with Gasteiger partial charge in [-0.25, -0.2) is 9.36 Å². The molecule has 4 heterocycles. The van der Waals surface area contributed by atoms with E-state index in [-0.39, 0.29) is 12.6 Å². The minimum Gasteiger partial charge on any atom is -0.441 e. The topological polar surface area (TPSA) is 140 Å². The molecule has 2 atom stereocenters. The van der Waals surface area contributed by atoms with E-state index in [0.717, 1.165) is 22.4 Å². The van der Waals surface area contributed by atoms with Gasteiger partial charge in [0.2, 0.25) is 0 Å². The van der Waals surface area contributed by atoms with Crippen molar-refractivity contribution in [3.63, 3.8) is 0 Å². The number of amides is 1. The van der Waals surface area contributed by atoms with E-state index >= 15 is 0 Å². The molecule has 1 fully saturated rings. The molecule has 0 aliphatic carbocycles. The Morgan fingerprint density at radius 3 is 2.71 bits per heavy atom. The van der Waals surface area contributed by atoms with Gasteiger partial charge in [-0.3, -0.25) is 19.1 Å². The van der Waals surface area contributed by atoms with Crippen LogP contribution in [0.15, 0.2) is 42.7 Å². The zero-order valence-corrected chi connectivity index (χ0v) is 17.2. The van der Waals surface area contributed by atoms with E-state index < -0.39 is 20.0 Å². The number of aryl methyl sites for hydroxylation is 1. The summed E-state index contributed by atoms with van der Waals surface area (Å²) in [5.41, 5.74) is 4.92. The van der Waals surface area contributed by atoms with Crippen LogP contribution in [-0.2, 0) is 27.3 Å². The Morgan fingerprint density at radius 1 is 1.23 bits per heavy atom. The Balaban J connectivity index is 1.37. The predicted octanol–water partition coefficient (Wildman–Crippen LogP) is 1.90. The molecule has 11 nitrogen and oxygen atoms in total. The summed E-state index contributed by atoms with van der Waals surface area (Å²) >= 11 is 0. The summed E-state index contributed by atoms with van der Waals surface area (Å²) in [5, 5.41) is 7.97.